The number of carbonyl (C=O) groups excluding carboxylic acids is 1. The van der Waals surface area contributed by atoms with Crippen molar-refractivity contribution in [2.75, 3.05) is 26.8 Å². The summed E-state index contributed by atoms with van der Waals surface area (Å²) in [5, 5.41) is 13.3. The second-order valence-corrected chi connectivity index (χ2v) is 5.17. The predicted octanol–water partition coefficient (Wildman–Crippen LogP) is 1.73. The molecule has 7 heteroatoms. The van der Waals surface area contributed by atoms with E-state index in [1.807, 2.05) is 11.6 Å². The van der Waals surface area contributed by atoms with Crippen molar-refractivity contribution < 1.29 is 19.4 Å². The summed E-state index contributed by atoms with van der Waals surface area (Å²) >= 11 is 0. The molecule has 124 valence electrons. The summed E-state index contributed by atoms with van der Waals surface area (Å²) in [4.78, 5) is 24.8. The molecule has 0 saturated carbocycles. The van der Waals surface area contributed by atoms with E-state index in [1.54, 1.807) is 0 Å². The van der Waals surface area contributed by atoms with Gasteiger partial charge in [-0.1, -0.05) is 13.8 Å². The van der Waals surface area contributed by atoms with Crippen LogP contribution in [0.25, 0.3) is 0 Å². The maximum atomic E-state index is 12.6. The molecule has 0 aliphatic heterocycles. The van der Waals surface area contributed by atoms with Gasteiger partial charge in [-0.3, -0.25) is 14.3 Å². The van der Waals surface area contributed by atoms with Crippen molar-refractivity contribution in [2.45, 2.75) is 39.7 Å². The lowest BCUT2D eigenvalue weighted by molar-refractivity contribution is -0.137. The van der Waals surface area contributed by atoms with Crippen LogP contribution in [-0.2, 0) is 9.53 Å². The number of rotatable bonds is 9. The maximum Gasteiger partial charge on any atom is 0.323 e. The van der Waals surface area contributed by atoms with Crippen LogP contribution in [0.3, 0.4) is 0 Å². The monoisotopic (exact) mass is 311 g/mol. The fourth-order valence-corrected chi connectivity index (χ4v) is 2.42. The minimum Gasteiger partial charge on any atom is -0.480 e. The largest absolute Gasteiger partial charge is 0.480 e. The molecule has 0 atom stereocenters. The molecule has 7 nitrogen and oxygen atoms in total. The van der Waals surface area contributed by atoms with Crippen molar-refractivity contribution >= 4 is 11.9 Å². The molecule has 0 aromatic carbocycles. The molecule has 0 aliphatic carbocycles. The van der Waals surface area contributed by atoms with E-state index in [1.165, 1.54) is 18.2 Å². The first-order chi connectivity index (χ1) is 10.5. The van der Waals surface area contributed by atoms with Gasteiger partial charge in [-0.05, 0) is 19.8 Å². The fraction of sp³-hybridized carbons (Fsp3) is 0.667. The van der Waals surface area contributed by atoms with Gasteiger partial charge >= 0.3 is 5.97 Å². The third-order valence-corrected chi connectivity index (χ3v) is 3.74. The van der Waals surface area contributed by atoms with Crippen LogP contribution in [-0.4, -0.2) is 58.5 Å². The van der Waals surface area contributed by atoms with Crippen molar-refractivity contribution in [3.8, 4) is 0 Å². The molecule has 0 bridgehead atoms. The number of aromatic nitrogens is 2. The van der Waals surface area contributed by atoms with Gasteiger partial charge in [0.15, 0.2) is 0 Å². The van der Waals surface area contributed by atoms with Gasteiger partial charge in [-0.2, -0.15) is 5.10 Å². The first-order valence-electron chi connectivity index (χ1n) is 7.50. The number of ether oxygens (including phenoxy) is 1. The van der Waals surface area contributed by atoms with Gasteiger partial charge in [0.2, 0.25) is 0 Å². The summed E-state index contributed by atoms with van der Waals surface area (Å²) in [5.41, 5.74) is 1.22. The van der Waals surface area contributed by atoms with Crippen LogP contribution >= 0.6 is 0 Å². The van der Waals surface area contributed by atoms with Gasteiger partial charge in [0.1, 0.15) is 6.54 Å². The quantitative estimate of drug-likeness (QED) is 0.750. The lowest BCUT2D eigenvalue weighted by Crippen LogP contribution is -2.38. The topological polar surface area (TPSA) is 84.7 Å². The fourth-order valence-electron chi connectivity index (χ4n) is 2.42. The van der Waals surface area contributed by atoms with Crippen LogP contribution in [0.2, 0.25) is 0 Å². The van der Waals surface area contributed by atoms with Crippen LogP contribution in [0.15, 0.2) is 6.20 Å². The Morgan fingerprint density at radius 1 is 1.41 bits per heavy atom. The Morgan fingerprint density at radius 3 is 2.55 bits per heavy atom. The summed E-state index contributed by atoms with van der Waals surface area (Å²) in [5.74, 6) is -1.37. The van der Waals surface area contributed by atoms with Crippen LogP contribution < -0.4 is 0 Å². The number of carbonyl (C=O) groups is 2. The molecule has 22 heavy (non-hydrogen) atoms. The second-order valence-electron chi connectivity index (χ2n) is 5.17. The number of nitrogens with zero attached hydrogens (tertiary/aromatic N) is 3. The molecule has 0 unspecified atom stereocenters. The first kappa shape index (κ1) is 18.2. The van der Waals surface area contributed by atoms with E-state index in [-0.39, 0.29) is 25.0 Å². The zero-order valence-electron chi connectivity index (χ0n) is 13.7. The van der Waals surface area contributed by atoms with Gasteiger partial charge in [0.05, 0.1) is 24.4 Å². The standard InChI is InChI=1S/C15H25N3O4/c1-5-12(6-2)18-11(3)13(9-16-18)15(21)17(7-8-22-4)10-14(19)20/h9,12H,5-8,10H2,1-4H3,(H,19,20). The molecule has 1 N–H and O–H groups in total. The Bertz CT molecular complexity index is 509. The Morgan fingerprint density at radius 2 is 2.05 bits per heavy atom. The Kier molecular flexibility index (Phi) is 7.04. The van der Waals surface area contributed by atoms with E-state index in [2.05, 4.69) is 18.9 Å². The molecule has 0 saturated heterocycles. The van der Waals surface area contributed by atoms with Crippen molar-refractivity contribution in [2.24, 2.45) is 0 Å². The Hall–Kier alpha value is -1.89. The lowest BCUT2D eigenvalue weighted by Gasteiger charge is -2.20. The maximum absolute atomic E-state index is 12.6. The average Bonchev–Trinajstić information content (AvgIpc) is 2.86. The Labute approximate surface area is 130 Å². The van der Waals surface area contributed by atoms with Crippen LogP contribution in [0.4, 0.5) is 0 Å². The van der Waals surface area contributed by atoms with Gasteiger partial charge in [-0.25, -0.2) is 0 Å². The number of aliphatic carboxylic acids is 1. The van der Waals surface area contributed by atoms with E-state index < -0.39 is 5.97 Å². The molecule has 0 spiro atoms. The van der Waals surface area contributed by atoms with Gasteiger partial charge < -0.3 is 14.7 Å². The highest BCUT2D eigenvalue weighted by Crippen LogP contribution is 2.20. The molecule has 1 amide bonds. The second kappa shape index (κ2) is 8.53. The van der Waals surface area contributed by atoms with E-state index in [9.17, 15) is 9.59 Å². The smallest absolute Gasteiger partial charge is 0.323 e. The summed E-state index contributed by atoms with van der Waals surface area (Å²) in [7, 11) is 1.51. The van der Waals surface area contributed by atoms with Gasteiger partial charge in [-0.15, -0.1) is 0 Å². The number of carboxylic acid groups (broad SMARTS) is 1. The van der Waals surface area contributed by atoms with Crippen molar-refractivity contribution in [1.82, 2.24) is 14.7 Å². The highest BCUT2D eigenvalue weighted by atomic mass is 16.5. The third kappa shape index (κ3) is 4.30. The predicted molar refractivity (Wildman–Crippen MR) is 82.0 cm³/mol. The molecule has 0 fully saturated rings. The zero-order valence-corrected chi connectivity index (χ0v) is 13.7. The SMILES string of the molecule is CCC(CC)n1ncc(C(=O)N(CCOC)CC(=O)O)c1C. The minimum absolute atomic E-state index is 0.233. The molecule has 1 aromatic rings. The molecule has 1 rings (SSSR count). The number of amides is 1. The summed E-state index contributed by atoms with van der Waals surface area (Å²) < 4.78 is 6.79. The normalized spacial score (nSPS) is 11.0. The highest BCUT2D eigenvalue weighted by Gasteiger charge is 2.23. The third-order valence-electron chi connectivity index (χ3n) is 3.74. The number of hydrogen-bond donors (Lipinski definition) is 1. The number of methoxy groups -OCH3 is 1. The summed E-state index contributed by atoms with van der Waals surface area (Å²) in [6.45, 7) is 6.17. The first-order valence-corrected chi connectivity index (χ1v) is 7.50. The van der Waals surface area contributed by atoms with Gasteiger partial charge in [0, 0.05) is 19.3 Å². The molecule has 0 radical (unpaired) electrons. The lowest BCUT2D eigenvalue weighted by atomic mass is 10.1. The molecule has 1 heterocycles. The highest BCUT2D eigenvalue weighted by molar-refractivity contribution is 5.96. The number of hydrogen-bond acceptors (Lipinski definition) is 4. The molecular weight excluding hydrogens is 286 g/mol. The van der Waals surface area contributed by atoms with Crippen LogP contribution in [0.5, 0.6) is 0 Å². The molecule has 0 aliphatic rings. The van der Waals surface area contributed by atoms with Crippen LogP contribution in [0.1, 0.15) is 48.8 Å². The van der Waals surface area contributed by atoms with E-state index in [0.717, 1.165) is 18.5 Å². The average molecular weight is 311 g/mol. The van der Waals surface area contributed by atoms with E-state index in [4.69, 9.17) is 9.84 Å². The van der Waals surface area contributed by atoms with Gasteiger partial charge in [0.25, 0.3) is 5.91 Å². The summed E-state index contributed by atoms with van der Waals surface area (Å²) in [6.07, 6.45) is 3.38. The summed E-state index contributed by atoms with van der Waals surface area (Å²) in [6, 6.07) is 0.244. The van der Waals surface area contributed by atoms with Crippen molar-refractivity contribution in [3.63, 3.8) is 0 Å². The Balaban J connectivity index is 3.01. The number of carboxylic acids is 1. The molecular formula is C15H25N3O4. The molecule has 1 aromatic heterocycles. The zero-order chi connectivity index (χ0) is 16.7. The van der Waals surface area contributed by atoms with Crippen LogP contribution in [0, 0.1) is 6.92 Å². The van der Waals surface area contributed by atoms with E-state index in [0.29, 0.717) is 12.2 Å². The van der Waals surface area contributed by atoms with Crippen molar-refractivity contribution in [1.29, 1.82) is 0 Å². The van der Waals surface area contributed by atoms with E-state index >= 15 is 0 Å². The minimum atomic E-state index is -1.05. The van der Waals surface area contributed by atoms with Crippen molar-refractivity contribution in [3.05, 3.63) is 17.5 Å².